The summed E-state index contributed by atoms with van der Waals surface area (Å²) in [6.07, 6.45) is 3.84. The molecule has 358 valence electrons. The number of hydrogen-bond acceptors (Lipinski definition) is 14. The number of aromatic nitrogens is 1. The Kier molecular flexibility index (Phi) is 25.9. The van der Waals surface area contributed by atoms with Crippen LogP contribution in [0.5, 0.6) is 0 Å². The predicted octanol–water partition coefficient (Wildman–Crippen LogP) is 0.913. The molecule has 1 saturated heterocycles. The second kappa shape index (κ2) is 30.1. The molecule has 1 aliphatic heterocycles. The highest BCUT2D eigenvalue weighted by Gasteiger charge is 2.25. The zero-order valence-corrected chi connectivity index (χ0v) is 37.9. The fraction of sp³-hybridized carbons (Fsp3) is 0.659. The zero-order valence-electron chi connectivity index (χ0n) is 36.3. The topological polar surface area (TPSA) is 308 Å². The summed E-state index contributed by atoms with van der Waals surface area (Å²) in [6.45, 7) is 3.28. The Bertz CT molecular complexity index is 1690. The van der Waals surface area contributed by atoms with Crippen LogP contribution in [0.4, 0.5) is 4.79 Å². The third-order valence-corrected chi connectivity index (χ3v) is 11.0. The molecule has 2 atom stereocenters. The van der Waals surface area contributed by atoms with Crippen molar-refractivity contribution < 1.29 is 68.7 Å². The molecule has 7 N–H and O–H groups in total. The van der Waals surface area contributed by atoms with Crippen LogP contribution in [0.15, 0.2) is 22.9 Å². The van der Waals surface area contributed by atoms with Crippen molar-refractivity contribution >= 4 is 69.3 Å². The molecular formula is C41H63BrN8O14. The molecule has 23 heteroatoms. The summed E-state index contributed by atoms with van der Waals surface area (Å²) in [7, 11) is 0. The van der Waals surface area contributed by atoms with Gasteiger partial charge in [-0.1, -0.05) is 12.5 Å². The highest BCUT2D eigenvalue weighted by molar-refractivity contribution is 9.10. The van der Waals surface area contributed by atoms with Gasteiger partial charge in [-0.2, -0.15) is 0 Å². The van der Waals surface area contributed by atoms with Gasteiger partial charge in [0.1, 0.15) is 16.4 Å². The first kappa shape index (κ1) is 55.0. The fourth-order valence-electron chi connectivity index (χ4n) is 6.97. The number of carbonyl (C=O) groups excluding carboxylic acids is 4. The van der Waals surface area contributed by atoms with Crippen molar-refractivity contribution in [2.24, 2.45) is 0 Å². The molecule has 3 amide bonds. The second-order valence-corrected chi connectivity index (χ2v) is 16.6. The third kappa shape index (κ3) is 24.7. The Morgan fingerprint density at radius 2 is 1.12 bits per heavy atom. The molecule has 0 saturated carbocycles. The monoisotopic (exact) mass is 970 g/mol. The second-order valence-electron chi connectivity index (χ2n) is 15.8. The average molecular weight is 972 g/mol. The summed E-state index contributed by atoms with van der Waals surface area (Å²) in [5, 5.41) is 51.6. The third-order valence-electron chi connectivity index (χ3n) is 10.5. The summed E-state index contributed by atoms with van der Waals surface area (Å²) in [6, 6.07) is 0.239. The molecule has 1 aromatic heterocycles. The van der Waals surface area contributed by atoms with E-state index in [2.05, 4.69) is 31.5 Å². The quantitative estimate of drug-likeness (QED) is 0.0453. The molecule has 1 aliphatic rings. The number of Topliss-reactive ketones (excluding diaryl/α,β-unsaturated/α-hetero) is 2. The Morgan fingerprint density at radius 3 is 1.58 bits per heavy atom. The van der Waals surface area contributed by atoms with Crippen molar-refractivity contribution in [2.45, 2.75) is 89.8 Å². The van der Waals surface area contributed by atoms with Gasteiger partial charge in [-0.05, 0) is 73.0 Å². The van der Waals surface area contributed by atoms with Gasteiger partial charge >= 0.3 is 35.9 Å². The number of pyridine rings is 1. The van der Waals surface area contributed by atoms with Crippen molar-refractivity contribution in [1.82, 2.24) is 40.1 Å². The van der Waals surface area contributed by atoms with Crippen LogP contribution in [0.3, 0.4) is 0 Å². The lowest BCUT2D eigenvalue weighted by Crippen LogP contribution is -2.50. The maximum atomic E-state index is 13.5. The number of hydrogen-bond donors (Lipinski definition) is 7. The largest absolute Gasteiger partial charge is 0.481 e. The molecule has 0 bridgehead atoms. The molecule has 0 spiro atoms. The van der Waals surface area contributed by atoms with Crippen LogP contribution in [0.25, 0.3) is 0 Å². The molecule has 0 aromatic carbocycles. The summed E-state index contributed by atoms with van der Waals surface area (Å²) >= 11 is 3.30. The standard InChI is InChI=1S/C41H63BrN8O14/c1-29(51)32(11-13-36(54)55)44-41(64)45-33(40(62)63)8-5-6-14-50(24-30-10-12-34(42)43-23-30)35(53)9-4-2-3-7-31(52)25-46-15-17-47(26-37(56)57)19-21-49(28-39(60)61)22-20-48(18-16-46)27-38(58)59/h10,12,23,32-33H,2-9,11,13-22,24-28H2,1H3,(H,54,55)(H,56,57)(H,58,59)(H,60,61)(H,62,63)(H2,44,45,64)/t32-,33-/m0/s1. The predicted molar refractivity (Wildman–Crippen MR) is 232 cm³/mol. The first-order valence-corrected chi connectivity index (χ1v) is 22.1. The van der Waals surface area contributed by atoms with Crippen LogP contribution in [-0.2, 0) is 44.9 Å². The number of urea groups is 1. The van der Waals surface area contributed by atoms with E-state index in [0.29, 0.717) is 62.9 Å². The van der Waals surface area contributed by atoms with Gasteiger partial charge in [0, 0.05) is 90.9 Å². The number of carbonyl (C=O) groups is 9. The van der Waals surface area contributed by atoms with E-state index in [4.69, 9.17) is 5.11 Å². The Hall–Kier alpha value is -5.10. The number of unbranched alkanes of at least 4 members (excludes halogenated alkanes) is 3. The number of rotatable bonds is 28. The summed E-state index contributed by atoms with van der Waals surface area (Å²) in [4.78, 5) is 121. The van der Waals surface area contributed by atoms with Crippen LogP contribution in [0.2, 0.25) is 0 Å². The maximum Gasteiger partial charge on any atom is 0.326 e. The number of nitrogens with zero attached hydrogens (tertiary/aromatic N) is 6. The van der Waals surface area contributed by atoms with Crippen LogP contribution in [0, 0.1) is 0 Å². The van der Waals surface area contributed by atoms with Gasteiger partial charge in [-0.15, -0.1) is 0 Å². The number of nitrogens with one attached hydrogen (secondary N) is 2. The van der Waals surface area contributed by atoms with Crippen LogP contribution >= 0.6 is 15.9 Å². The molecule has 2 rings (SSSR count). The summed E-state index contributed by atoms with van der Waals surface area (Å²) in [5.74, 6) is -6.27. The molecule has 0 unspecified atom stereocenters. The van der Waals surface area contributed by atoms with E-state index in [1.807, 2.05) is 11.0 Å². The molecular weight excluding hydrogens is 908 g/mol. The lowest BCUT2D eigenvalue weighted by Gasteiger charge is -2.32. The summed E-state index contributed by atoms with van der Waals surface area (Å²) in [5.41, 5.74) is 0.769. The number of aliphatic carboxylic acids is 5. The smallest absolute Gasteiger partial charge is 0.326 e. The van der Waals surface area contributed by atoms with Gasteiger partial charge in [-0.3, -0.25) is 53.2 Å². The molecule has 0 radical (unpaired) electrons. The number of carboxylic acid groups (broad SMARTS) is 5. The average Bonchev–Trinajstić information content (AvgIpc) is 3.20. The molecule has 2 heterocycles. The minimum absolute atomic E-state index is 0.0183. The lowest BCUT2D eigenvalue weighted by molar-refractivity contribution is -0.140. The first-order chi connectivity index (χ1) is 30.3. The number of ketones is 2. The Labute approximate surface area is 380 Å². The van der Waals surface area contributed by atoms with Crippen LogP contribution in [0.1, 0.15) is 76.7 Å². The van der Waals surface area contributed by atoms with E-state index < -0.39 is 53.7 Å². The van der Waals surface area contributed by atoms with E-state index in [0.717, 1.165) is 5.56 Å². The van der Waals surface area contributed by atoms with E-state index >= 15 is 0 Å². The van der Waals surface area contributed by atoms with E-state index in [1.54, 1.807) is 31.9 Å². The highest BCUT2D eigenvalue weighted by Crippen LogP contribution is 2.14. The fourth-order valence-corrected chi connectivity index (χ4v) is 7.21. The van der Waals surface area contributed by atoms with Gasteiger partial charge in [0.2, 0.25) is 5.91 Å². The van der Waals surface area contributed by atoms with Crippen molar-refractivity contribution in [3.63, 3.8) is 0 Å². The number of amides is 3. The minimum Gasteiger partial charge on any atom is -0.481 e. The molecule has 22 nitrogen and oxygen atoms in total. The van der Waals surface area contributed by atoms with Gasteiger partial charge in [0.15, 0.2) is 5.78 Å². The van der Waals surface area contributed by atoms with Crippen LogP contribution in [-0.4, -0.2) is 206 Å². The SMILES string of the molecule is CC(=O)[C@H](CCC(=O)O)NC(=O)N[C@@H](CCCCN(Cc1ccc(Br)nc1)C(=O)CCCCCC(=O)CN1CCN(CC(=O)O)CCN(CC(=O)O)CCN(CC(=O)O)CC1)C(=O)O. The molecule has 0 aliphatic carbocycles. The molecule has 1 fully saturated rings. The highest BCUT2D eigenvalue weighted by atomic mass is 79.9. The summed E-state index contributed by atoms with van der Waals surface area (Å²) < 4.78 is 0.617. The van der Waals surface area contributed by atoms with E-state index in [-0.39, 0.29) is 109 Å². The molecule has 1 aromatic rings. The number of carboxylic acids is 5. The van der Waals surface area contributed by atoms with Gasteiger partial charge in [0.05, 0.1) is 32.2 Å². The maximum absolute atomic E-state index is 13.5. The van der Waals surface area contributed by atoms with Crippen molar-refractivity contribution in [3.8, 4) is 0 Å². The minimum atomic E-state index is -1.31. The van der Waals surface area contributed by atoms with Crippen molar-refractivity contribution in [2.75, 3.05) is 85.1 Å². The zero-order chi connectivity index (χ0) is 47.6. The lowest BCUT2D eigenvalue weighted by atomic mass is 10.1. The van der Waals surface area contributed by atoms with Crippen molar-refractivity contribution in [3.05, 3.63) is 28.5 Å². The van der Waals surface area contributed by atoms with Gasteiger partial charge in [0.25, 0.3) is 0 Å². The van der Waals surface area contributed by atoms with Crippen molar-refractivity contribution in [1.29, 1.82) is 0 Å². The van der Waals surface area contributed by atoms with E-state index in [9.17, 15) is 63.6 Å². The molecule has 64 heavy (non-hydrogen) atoms. The number of halogens is 1. The Morgan fingerprint density at radius 1 is 0.625 bits per heavy atom. The van der Waals surface area contributed by atoms with Gasteiger partial charge < -0.3 is 41.1 Å². The first-order valence-electron chi connectivity index (χ1n) is 21.3. The normalized spacial score (nSPS) is 15.7. The Balaban J connectivity index is 1.96. The van der Waals surface area contributed by atoms with Crippen LogP contribution < -0.4 is 10.6 Å². The van der Waals surface area contributed by atoms with E-state index in [1.165, 1.54) is 6.92 Å². The van der Waals surface area contributed by atoms with Gasteiger partial charge in [-0.25, -0.2) is 14.6 Å².